The summed E-state index contributed by atoms with van der Waals surface area (Å²) in [6.07, 6.45) is 1.44. The molecule has 0 fully saturated rings. The second kappa shape index (κ2) is 2.41. The van der Waals surface area contributed by atoms with Crippen molar-refractivity contribution in [2.75, 3.05) is 5.73 Å². The summed E-state index contributed by atoms with van der Waals surface area (Å²) >= 11 is 0. The molecule has 0 saturated heterocycles. The Morgan fingerprint density at radius 3 is 3.08 bits per heavy atom. The van der Waals surface area contributed by atoms with Gasteiger partial charge in [-0.2, -0.15) is 4.98 Å². The second-order valence-electron chi connectivity index (χ2n) is 2.41. The number of hydrogen-bond acceptors (Lipinski definition) is 5. The molecule has 0 atom stereocenters. The molecule has 0 aliphatic rings. The zero-order valence-electron chi connectivity index (χ0n) is 6.41. The van der Waals surface area contributed by atoms with Gasteiger partial charge < -0.3 is 5.73 Å². The minimum Gasteiger partial charge on any atom is -0.366 e. The van der Waals surface area contributed by atoms with Crippen LogP contribution in [0.5, 0.6) is 0 Å². The molecule has 0 unspecified atom stereocenters. The van der Waals surface area contributed by atoms with Crippen molar-refractivity contribution in [2.24, 2.45) is 0 Å². The van der Waals surface area contributed by atoms with E-state index >= 15 is 0 Å². The molecule has 0 aromatic carbocycles. The second-order valence-corrected chi connectivity index (χ2v) is 2.41. The highest BCUT2D eigenvalue weighted by Gasteiger charge is 2.07. The lowest BCUT2D eigenvalue weighted by Gasteiger charge is -1.90. The van der Waals surface area contributed by atoms with Crippen molar-refractivity contribution in [3.8, 4) is 0 Å². The average molecular weight is 179 g/mol. The fourth-order valence-corrected chi connectivity index (χ4v) is 1.00. The van der Waals surface area contributed by atoms with Crippen LogP contribution in [0.25, 0.3) is 5.65 Å². The van der Waals surface area contributed by atoms with Crippen molar-refractivity contribution in [1.82, 2.24) is 14.6 Å². The molecule has 66 valence electrons. The van der Waals surface area contributed by atoms with Crippen LogP contribution in [-0.4, -0.2) is 19.5 Å². The van der Waals surface area contributed by atoms with Crippen molar-refractivity contribution in [3.63, 3.8) is 0 Å². The number of rotatable bonds is 1. The van der Waals surface area contributed by atoms with E-state index < -0.39 is 4.92 Å². The zero-order valence-corrected chi connectivity index (χ0v) is 6.41. The number of pyridine rings is 1. The molecule has 2 heterocycles. The van der Waals surface area contributed by atoms with Gasteiger partial charge in [-0.3, -0.25) is 10.1 Å². The van der Waals surface area contributed by atoms with Crippen LogP contribution >= 0.6 is 0 Å². The number of nitrogen functional groups attached to an aromatic ring is 1. The first-order valence-corrected chi connectivity index (χ1v) is 3.43. The summed E-state index contributed by atoms with van der Waals surface area (Å²) in [5.74, 6) is 0.0977. The molecule has 0 spiro atoms. The summed E-state index contributed by atoms with van der Waals surface area (Å²) in [6.45, 7) is 0. The quantitative estimate of drug-likeness (QED) is 0.498. The van der Waals surface area contributed by atoms with Gasteiger partial charge in [-0.15, -0.1) is 5.10 Å². The lowest BCUT2D eigenvalue weighted by Crippen LogP contribution is -1.91. The Labute approximate surface area is 72.0 Å². The van der Waals surface area contributed by atoms with Gasteiger partial charge >= 0.3 is 0 Å². The number of nitro groups is 1. The Morgan fingerprint density at radius 2 is 2.38 bits per heavy atom. The zero-order chi connectivity index (χ0) is 9.42. The van der Waals surface area contributed by atoms with Crippen molar-refractivity contribution in [1.29, 1.82) is 0 Å². The molecule has 7 nitrogen and oxygen atoms in total. The lowest BCUT2D eigenvalue weighted by atomic mass is 10.4. The van der Waals surface area contributed by atoms with Gasteiger partial charge in [-0.25, -0.2) is 4.52 Å². The van der Waals surface area contributed by atoms with Crippen molar-refractivity contribution < 1.29 is 4.92 Å². The molecule has 0 saturated carbocycles. The molecule has 2 rings (SSSR count). The highest BCUT2D eigenvalue weighted by atomic mass is 16.6. The first-order chi connectivity index (χ1) is 6.16. The van der Waals surface area contributed by atoms with E-state index in [2.05, 4.69) is 10.1 Å². The number of nitrogens with two attached hydrogens (primary N) is 1. The third kappa shape index (κ3) is 1.15. The van der Waals surface area contributed by atoms with E-state index in [9.17, 15) is 10.1 Å². The van der Waals surface area contributed by atoms with Crippen molar-refractivity contribution >= 4 is 17.3 Å². The minimum absolute atomic E-state index is 0.0279. The molecule has 0 aliphatic heterocycles. The average Bonchev–Trinajstić information content (AvgIpc) is 2.42. The van der Waals surface area contributed by atoms with Crippen molar-refractivity contribution in [2.45, 2.75) is 0 Å². The van der Waals surface area contributed by atoms with Crippen molar-refractivity contribution in [3.05, 3.63) is 28.4 Å². The van der Waals surface area contributed by atoms with Gasteiger partial charge in [-0.05, 0) is 0 Å². The van der Waals surface area contributed by atoms with Crippen LogP contribution in [0, 0.1) is 10.1 Å². The van der Waals surface area contributed by atoms with Crippen LogP contribution in [0.3, 0.4) is 0 Å². The highest BCUT2D eigenvalue weighted by molar-refractivity contribution is 5.49. The molecule has 7 heteroatoms. The summed E-state index contributed by atoms with van der Waals surface area (Å²) in [7, 11) is 0. The first kappa shape index (κ1) is 7.47. The molecule has 2 N–H and O–H groups in total. The number of hydrogen-bond donors (Lipinski definition) is 1. The lowest BCUT2D eigenvalue weighted by molar-refractivity contribution is -0.384. The summed E-state index contributed by atoms with van der Waals surface area (Å²) < 4.78 is 1.38. The van der Waals surface area contributed by atoms with Gasteiger partial charge in [0.25, 0.3) is 5.69 Å². The van der Waals surface area contributed by atoms with E-state index in [1.54, 1.807) is 0 Å². The summed E-state index contributed by atoms with van der Waals surface area (Å²) in [5, 5.41) is 14.1. The SMILES string of the molecule is Nc1nc2cc([N+](=O)[O-])ccn2n1. The standard InChI is InChI=1S/C6H5N5O2/c7-6-8-5-3-4(11(12)13)1-2-10(5)9-6/h1-3H,(H2,7,9). The fraction of sp³-hybridized carbons (Fsp3) is 0. The van der Waals surface area contributed by atoms with Crippen LogP contribution in [0.15, 0.2) is 18.3 Å². The van der Waals surface area contributed by atoms with Crippen LogP contribution in [0.1, 0.15) is 0 Å². The molecule has 2 aromatic heterocycles. The number of nitrogens with zero attached hydrogens (tertiary/aromatic N) is 4. The van der Waals surface area contributed by atoms with E-state index in [0.717, 1.165) is 0 Å². The Balaban J connectivity index is 2.67. The number of aromatic nitrogens is 3. The molecule has 0 amide bonds. The van der Waals surface area contributed by atoms with Crippen LogP contribution in [0.2, 0.25) is 0 Å². The maximum Gasteiger partial charge on any atom is 0.274 e. The molecule has 0 bridgehead atoms. The molecule has 2 aromatic rings. The topological polar surface area (TPSA) is 99.3 Å². The Hall–Kier alpha value is -2.18. The third-order valence-corrected chi connectivity index (χ3v) is 1.55. The molecular weight excluding hydrogens is 174 g/mol. The van der Waals surface area contributed by atoms with Gasteiger partial charge in [0.05, 0.1) is 11.0 Å². The van der Waals surface area contributed by atoms with E-state index in [-0.39, 0.29) is 11.6 Å². The Morgan fingerprint density at radius 1 is 1.62 bits per heavy atom. The van der Waals surface area contributed by atoms with E-state index in [4.69, 9.17) is 5.73 Å². The monoisotopic (exact) mass is 179 g/mol. The van der Waals surface area contributed by atoms with Gasteiger partial charge in [0, 0.05) is 12.3 Å². The largest absolute Gasteiger partial charge is 0.366 e. The summed E-state index contributed by atoms with van der Waals surface area (Å²) in [6, 6.07) is 2.64. The number of fused-ring (bicyclic) bond motifs is 1. The maximum absolute atomic E-state index is 10.4. The van der Waals surface area contributed by atoms with Gasteiger partial charge in [0.2, 0.25) is 5.95 Å². The van der Waals surface area contributed by atoms with Crippen LogP contribution in [0.4, 0.5) is 11.6 Å². The highest BCUT2D eigenvalue weighted by Crippen LogP contribution is 2.12. The Bertz CT molecular complexity index is 477. The number of anilines is 1. The third-order valence-electron chi connectivity index (χ3n) is 1.55. The van der Waals surface area contributed by atoms with E-state index in [0.29, 0.717) is 5.65 Å². The first-order valence-electron chi connectivity index (χ1n) is 3.43. The van der Waals surface area contributed by atoms with Gasteiger partial charge in [0.1, 0.15) is 0 Å². The molecule has 0 radical (unpaired) electrons. The predicted octanol–water partition coefficient (Wildman–Crippen LogP) is 0.220. The van der Waals surface area contributed by atoms with Crippen LogP contribution in [-0.2, 0) is 0 Å². The summed E-state index contributed by atoms with van der Waals surface area (Å²) in [4.78, 5) is 13.7. The fourth-order valence-electron chi connectivity index (χ4n) is 1.00. The summed E-state index contributed by atoms with van der Waals surface area (Å²) in [5.41, 5.74) is 5.64. The molecule has 0 aliphatic carbocycles. The van der Waals surface area contributed by atoms with E-state index in [1.165, 1.54) is 22.8 Å². The Kier molecular flexibility index (Phi) is 1.38. The normalized spacial score (nSPS) is 10.5. The van der Waals surface area contributed by atoms with E-state index in [1.807, 2.05) is 0 Å². The molecule has 13 heavy (non-hydrogen) atoms. The van der Waals surface area contributed by atoms with Gasteiger partial charge in [-0.1, -0.05) is 0 Å². The minimum atomic E-state index is -0.495. The van der Waals surface area contributed by atoms with Crippen LogP contribution < -0.4 is 5.73 Å². The smallest absolute Gasteiger partial charge is 0.274 e. The van der Waals surface area contributed by atoms with Gasteiger partial charge in [0.15, 0.2) is 5.65 Å². The maximum atomic E-state index is 10.4. The predicted molar refractivity (Wildman–Crippen MR) is 44.1 cm³/mol. The molecular formula is C6H5N5O2.